The minimum atomic E-state index is -0.533. The number of benzene rings is 2. The lowest BCUT2D eigenvalue weighted by Gasteiger charge is -2.05. The molecule has 0 atom stereocenters. The standard InChI is InChI=1S/C18H14ClN3O5S/c1-2-27-16(23)10-21-14-9-13(22(25)26)7-8-15(14)28-18(21)20-17(24)11-3-5-12(19)6-4-11/h3-9H,2,10H2,1H3. The highest BCUT2D eigenvalue weighted by Crippen LogP contribution is 2.23. The molecule has 1 amide bonds. The van der Waals surface area contributed by atoms with Crippen LogP contribution in [0, 0.1) is 10.1 Å². The molecule has 3 rings (SSSR count). The summed E-state index contributed by atoms with van der Waals surface area (Å²) in [6, 6.07) is 10.5. The van der Waals surface area contributed by atoms with Crippen LogP contribution in [0.3, 0.4) is 0 Å². The third-order valence-electron chi connectivity index (χ3n) is 3.76. The van der Waals surface area contributed by atoms with Crippen molar-refractivity contribution in [1.29, 1.82) is 0 Å². The number of hydrogen-bond acceptors (Lipinski definition) is 6. The molecule has 0 saturated heterocycles. The first-order valence-electron chi connectivity index (χ1n) is 8.17. The Morgan fingerprint density at radius 1 is 1.25 bits per heavy atom. The maximum absolute atomic E-state index is 12.5. The molecule has 0 spiro atoms. The summed E-state index contributed by atoms with van der Waals surface area (Å²) in [6.45, 7) is 1.65. The van der Waals surface area contributed by atoms with Crippen LogP contribution in [0.25, 0.3) is 10.2 Å². The molecule has 28 heavy (non-hydrogen) atoms. The maximum Gasteiger partial charge on any atom is 0.326 e. The molecule has 0 unspecified atom stereocenters. The topological polar surface area (TPSA) is 104 Å². The van der Waals surface area contributed by atoms with Crippen molar-refractivity contribution in [2.45, 2.75) is 13.5 Å². The fraction of sp³-hybridized carbons (Fsp3) is 0.167. The molecule has 1 heterocycles. The highest BCUT2D eigenvalue weighted by Gasteiger charge is 2.16. The SMILES string of the molecule is CCOC(=O)Cn1c(=NC(=O)c2ccc(Cl)cc2)sc2ccc([N+](=O)[O-])cc21. The number of amides is 1. The van der Waals surface area contributed by atoms with Crippen LogP contribution in [-0.2, 0) is 16.1 Å². The molecule has 0 aliphatic rings. The first-order valence-corrected chi connectivity index (χ1v) is 9.36. The van der Waals surface area contributed by atoms with Crippen LogP contribution < -0.4 is 4.80 Å². The van der Waals surface area contributed by atoms with E-state index in [1.165, 1.54) is 16.7 Å². The second-order valence-corrected chi connectivity index (χ2v) is 7.05. The molecule has 0 fully saturated rings. The third-order valence-corrected chi connectivity index (χ3v) is 5.07. The summed E-state index contributed by atoms with van der Waals surface area (Å²) >= 11 is 6.98. The Morgan fingerprint density at radius 3 is 2.61 bits per heavy atom. The largest absolute Gasteiger partial charge is 0.465 e. The number of halogens is 1. The number of rotatable bonds is 5. The fourth-order valence-electron chi connectivity index (χ4n) is 2.49. The van der Waals surface area contributed by atoms with Gasteiger partial charge in [-0.15, -0.1) is 0 Å². The van der Waals surface area contributed by atoms with Gasteiger partial charge in [-0.05, 0) is 37.3 Å². The summed E-state index contributed by atoms with van der Waals surface area (Å²) in [7, 11) is 0. The number of nitro groups is 1. The van der Waals surface area contributed by atoms with E-state index in [0.717, 1.165) is 11.3 Å². The summed E-state index contributed by atoms with van der Waals surface area (Å²) in [5, 5.41) is 11.6. The summed E-state index contributed by atoms with van der Waals surface area (Å²) in [6.07, 6.45) is 0. The molecule has 8 nitrogen and oxygen atoms in total. The molecular weight excluding hydrogens is 406 g/mol. The molecule has 0 saturated carbocycles. The summed E-state index contributed by atoms with van der Waals surface area (Å²) in [5.41, 5.74) is 0.629. The molecule has 0 aliphatic carbocycles. The molecule has 10 heteroatoms. The first kappa shape index (κ1) is 19.7. The van der Waals surface area contributed by atoms with Crippen molar-refractivity contribution in [3.63, 3.8) is 0 Å². The van der Waals surface area contributed by atoms with Gasteiger partial charge < -0.3 is 9.30 Å². The molecule has 3 aromatic rings. The van der Waals surface area contributed by atoms with E-state index in [2.05, 4.69) is 4.99 Å². The molecule has 0 radical (unpaired) electrons. The van der Waals surface area contributed by atoms with Gasteiger partial charge in [-0.25, -0.2) is 0 Å². The van der Waals surface area contributed by atoms with Crippen LogP contribution in [0.15, 0.2) is 47.5 Å². The first-order chi connectivity index (χ1) is 13.4. The van der Waals surface area contributed by atoms with E-state index in [4.69, 9.17) is 16.3 Å². The molecule has 0 N–H and O–H groups in total. The zero-order valence-corrected chi connectivity index (χ0v) is 16.2. The normalized spacial score (nSPS) is 11.6. The molecule has 1 aromatic heterocycles. The average molecular weight is 420 g/mol. The Morgan fingerprint density at radius 2 is 1.96 bits per heavy atom. The predicted octanol–water partition coefficient (Wildman–Crippen LogP) is 3.57. The smallest absolute Gasteiger partial charge is 0.326 e. The number of thiazole rings is 1. The van der Waals surface area contributed by atoms with Crippen LogP contribution in [-0.4, -0.2) is 28.0 Å². The number of aromatic nitrogens is 1. The van der Waals surface area contributed by atoms with Crippen LogP contribution in [0.1, 0.15) is 17.3 Å². The summed E-state index contributed by atoms with van der Waals surface area (Å²) in [4.78, 5) is 39.4. The Kier molecular flexibility index (Phi) is 5.86. The monoisotopic (exact) mass is 419 g/mol. The third kappa shape index (κ3) is 4.26. The molecule has 0 bridgehead atoms. The number of nitrogens with zero attached hydrogens (tertiary/aromatic N) is 3. The molecular formula is C18H14ClN3O5S. The summed E-state index contributed by atoms with van der Waals surface area (Å²) < 4.78 is 7.06. The van der Waals surface area contributed by atoms with Gasteiger partial charge in [0.2, 0.25) is 0 Å². The number of carbonyl (C=O) groups is 2. The average Bonchev–Trinajstić information content (AvgIpc) is 2.98. The van der Waals surface area contributed by atoms with E-state index in [1.54, 1.807) is 37.3 Å². The van der Waals surface area contributed by atoms with Crippen LogP contribution >= 0.6 is 22.9 Å². The lowest BCUT2D eigenvalue weighted by molar-refractivity contribution is -0.384. The van der Waals surface area contributed by atoms with Crippen molar-refractivity contribution in [3.05, 3.63) is 68.0 Å². The Labute approximate surface area is 167 Å². The van der Waals surface area contributed by atoms with Crippen molar-refractivity contribution in [2.24, 2.45) is 4.99 Å². The Hall–Kier alpha value is -3.04. The second-order valence-electron chi connectivity index (χ2n) is 5.61. The number of nitro benzene ring substituents is 1. The fourth-order valence-corrected chi connectivity index (χ4v) is 3.62. The van der Waals surface area contributed by atoms with E-state index in [1.807, 2.05) is 0 Å². The van der Waals surface area contributed by atoms with Crippen molar-refractivity contribution in [3.8, 4) is 0 Å². The van der Waals surface area contributed by atoms with Crippen LogP contribution in [0.2, 0.25) is 5.02 Å². The van der Waals surface area contributed by atoms with E-state index < -0.39 is 16.8 Å². The molecule has 2 aromatic carbocycles. The Balaban J connectivity index is 2.14. The lowest BCUT2D eigenvalue weighted by atomic mass is 10.2. The zero-order valence-electron chi connectivity index (χ0n) is 14.6. The quantitative estimate of drug-likeness (QED) is 0.357. The van der Waals surface area contributed by atoms with Gasteiger partial charge in [0, 0.05) is 22.7 Å². The number of esters is 1. The van der Waals surface area contributed by atoms with Crippen LogP contribution in [0.4, 0.5) is 5.69 Å². The van der Waals surface area contributed by atoms with Gasteiger partial charge in [0.1, 0.15) is 6.54 Å². The molecule has 0 aliphatic heterocycles. The highest BCUT2D eigenvalue weighted by atomic mass is 35.5. The van der Waals surface area contributed by atoms with Crippen molar-refractivity contribution in [2.75, 3.05) is 6.61 Å². The van der Waals surface area contributed by atoms with E-state index >= 15 is 0 Å². The summed E-state index contributed by atoms with van der Waals surface area (Å²) in [5.74, 6) is -1.05. The highest BCUT2D eigenvalue weighted by molar-refractivity contribution is 7.16. The van der Waals surface area contributed by atoms with Gasteiger partial charge in [-0.2, -0.15) is 4.99 Å². The molecule has 144 valence electrons. The number of fused-ring (bicyclic) bond motifs is 1. The minimum absolute atomic E-state index is 0.126. The minimum Gasteiger partial charge on any atom is -0.465 e. The maximum atomic E-state index is 12.5. The zero-order chi connectivity index (χ0) is 20.3. The lowest BCUT2D eigenvalue weighted by Crippen LogP contribution is -2.23. The van der Waals surface area contributed by atoms with Crippen molar-refractivity contribution >= 4 is 50.7 Å². The number of carbonyl (C=O) groups excluding carboxylic acids is 2. The second kappa shape index (κ2) is 8.32. The van der Waals surface area contributed by atoms with Gasteiger partial charge in [0.05, 0.1) is 21.7 Å². The van der Waals surface area contributed by atoms with Gasteiger partial charge in [-0.3, -0.25) is 19.7 Å². The predicted molar refractivity (Wildman–Crippen MR) is 104 cm³/mol. The van der Waals surface area contributed by atoms with E-state index in [9.17, 15) is 19.7 Å². The van der Waals surface area contributed by atoms with Crippen molar-refractivity contribution in [1.82, 2.24) is 4.57 Å². The number of non-ortho nitro benzene ring substituents is 1. The van der Waals surface area contributed by atoms with Crippen LogP contribution in [0.5, 0.6) is 0 Å². The van der Waals surface area contributed by atoms with E-state index in [-0.39, 0.29) is 23.6 Å². The van der Waals surface area contributed by atoms with Crippen molar-refractivity contribution < 1.29 is 19.2 Å². The number of ether oxygens (including phenoxy) is 1. The number of hydrogen-bond donors (Lipinski definition) is 0. The Bertz CT molecular complexity index is 1130. The van der Waals surface area contributed by atoms with Gasteiger partial charge in [-0.1, -0.05) is 22.9 Å². The van der Waals surface area contributed by atoms with E-state index in [0.29, 0.717) is 20.8 Å². The van der Waals surface area contributed by atoms with Gasteiger partial charge in [0.15, 0.2) is 4.80 Å². The van der Waals surface area contributed by atoms with Gasteiger partial charge >= 0.3 is 5.97 Å². The van der Waals surface area contributed by atoms with Gasteiger partial charge in [0.25, 0.3) is 11.6 Å².